The lowest BCUT2D eigenvalue weighted by molar-refractivity contribution is -0.384. The molecule has 1 aromatic carbocycles. The molecule has 0 fully saturated rings. The molecule has 92 valence electrons. The zero-order valence-electron chi connectivity index (χ0n) is 8.91. The number of nitrogens with one attached hydrogen (secondary N) is 1. The number of nitrogens with zero attached hydrogens (tertiary/aromatic N) is 3. The van der Waals surface area contributed by atoms with E-state index in [1.165, 1.54) is 41.5 Å². The average Bonchev–Trinajstić information content (AvgIpc) is 2.85. The van der Waals surface area contributed by atoms with Gasteiger partial charge in [-0.3, -0.25) is 14.7 Å². The Balaban J connectivity index is 2.26. The third-order valence-corrected chi connectivity index (χ3v) is 2.47. The van der Waals surface area contributed by atoms with Gasteiger partial charge in [0.15, 0.2) is 0 Å². The molecule has 7 nitrogen and oxygen atoms in total. The first-order valence-corrected chi connectivity index (χ1v) is 5.19. The molecule has 0 atom stereocenters. The van der Waals surface area contributed by atoms with E-state index >= 15 is 0 Å². The molecule has 0 saturated carbocycles. The van der Waals surface area contributed by atoms with Crippen molar-refractivity contribution in [3.63, 3.8) is 0 Å². The molecule has 0 radical (unpaired) electrons. The Morgan fingerprint density at radius 1 is 1.50 bits per heavy atom. The van der Waals surface area contributed by atoms with Crippen LogP contribution in [0.5, 0.6) is 0 Å². The molecule has 1 aromatic heterocycles. The van der Waals surface area contributed by atoms with E-state index in [0.29, 0.717) is 0 Å². The van der Waals surface area contributed by atoms with Crippen molar-refractivity contribution in [2.45, 2.75) is 0 Å². The standard InChI is InChI=1S/C10H7ClN4O3/c11-8-2-1-7(15(17)18)5-9(8)13-10(16)14-4-3-12-6-14/h1-6H,(H,13,16). The van der Waals surface area contributed by atoms with Crippen LogP contribution in [0.2, 0.25) is 5.02 Å². The Labute approximate surface area is 106 Å². The lowest BCUT2D eigenvalue weighted by Crippen LogP contribution is -2.18. The summed E-state index contributed by atoms with van der Waals surface area (Å²) in [6.07, 6.45) is 4.19. The number of hydrogen-bond donors (Lipinski definition) is 1. The van der Waals surface area contributed by atoms with Crippen molar-refractivity contribution in [3.8, 4) is 0 Å². The molecule has 1 heterocycles. The van der Waals surface area contributed by atoms with E-state index < -0.39 is 11.0 Å². The van der Waals surface area contributed by atoms with Crippen molar-refractivity contribution in [2.75, 3.05) is 5.32 Å². The van der Waals surface area contributed by atoms with Crippen LogP contribution in [-0.2, 0) is 0 Å². The SMILES string of the molecule is O=C(Nc1cc([N+](=O)[O-])ccc1Cl)n1ccnc1. The molecule has 0 saturated heterocycles. The Kier molecular flexibility index (Phi) is 3.24. The van der Waals surface area contributed by atoms with Gasteiger partial charge in [0.2, 0.25) is 0 Å². The highest BCUT2D eigenvalue weighted by molar-refractivity contribution is 6.33. The first-order valence-electron chi connectivity index (χ1n) is 4.81. The predicted octanol–water partition coefficient (Wildman–Crippen LogP) is 2.52. The lowest BCUT2D eigenvalue weighted by Gasteiger charge is -2.06. The molecule has 0 bridgehead atoms. The summed E-state index contributed by atoms with van der Waals surface area (Å²) < 4.78 is 1.19. The second kappa shape index (κ2) is 4.84. The fourth-order valence-corrected chi connectivity index (χ4v) is 1.45. The summed E-state index contributed by atoms with van der Waals surface area (Å²) in [5.41, 5.74) is 0.0184. The summed E-state index contributed by atoms with van der Waals surface area (Å²) in [5.74, 6) is 0. The topological polar surface area (TPSA) is 90.1 Å². The van der Waals surface area contributed by atoms with Gasteiger partial charge in [-0.05, 0) is 6.07 Å². The molecule has 18 heavy (non-hydrogen) atoms. The Morgan fingerprint density at radius 2 is 2.28 bits per heavy atom. The number of nitro benzene ring substituents is 1. The van der Waals surface area contributed by atoms with Crippen LogP contribution in [0, 0.1) is 10.1 Å². The van der Waals surface area contributed by atoms with Crippen LogP contribution in [0.25, 0.3) is 0 Å². The van der Waals surface area contributed by atoms with Crippen molar-refractivity contribution < 1.29 is 9.72 Å². The van der Waals surface area contributed by atoms with Crippen molar-refractivity contribution in [1.29, 1.82) is 0 Å². The van der Waals surface area contributed by atoms with E-state index in [4.69, 9.17) is 11.6 Å². The van der Waals surface area contributed by atoms with Gasteiger partial charge in [0.05, 0.1) is 15.6 Å². The van der Waals surface area contributed by atoms with E-state index in [0.717, 1.165) is 0 Å². The smallest absolute Gasteiger partial charge is 0.306 e. The number of anilines is 1. The summed E-state index contributed by atoms with van der Waals surface area (Å²) in [7, 11) is 0. The maximum Gasteiger partial charge on any atom is 0.331 e. The van der Waals surface area contributed by atoms with Crippen LogP contribution in [0.3, 0.4) is 0 Å². The van der Waals surface area contributed by atoms with Crippen molar-refractivity contribution >= 4 is 29.0 Å². The molecule has 1 N–H and O–H groups in total. The Morgan fingerprint density at radius 3 is 2.89 bits per heavy atom. The minimum Gasteiger partial charge on any atom is -0.306 e. The number of non-ortho nitro benzene ring substituents is 1. The monoisotopic (exact) mass is 266 g/mol. The highest BCUT2D eigenvalue weighted by atomic mass is 35.5. The Bertz CT molecular complexity index is 597. The summed E-state index contributed by atoms with van der Waals surface area (Å²) >= 11 is 5.84. The van der Waals surface area contributed by atoms with E-state index in [-0.39, 0.29) is 16.4 Å². The van der Waals surface area contributed by atoms with Crippen LogP contribution in [0.15, 0.2) is 36.9 Å². The first-order chi connectivity index (χ1) is 8.58. The molecule has 0 spiro atoms. The summed E-state index contributed by atoms with van der Waals surface area (Å²) in [4.78, 5) is 25.5. The molecule has 0 aliphatic carbocycles. The third kappa shape index (κ3) is 2.46. The quantitative estimate of drug-likeness (QED) is 0.668. The largest absolute Gasteiger partial charge is 0.331 e. The zero-order chi connectivity index (χ0) is 13.1. The molecular formula is C10H7ClN4O3. The van der Waals surface area contributed by atoms with Gasteiger partial charge in [-0.15, -0.1) is 0 Å². The molecule has 2 rings (SSSR count). The number of hydrogen-bond acceptors (Lipinski definition) is 4. The van der Waals surface area contributed by atoms with E-state index in [2.05, 4.69) is 10.3 Å². The van der Waals surface area contributed by atoms with E-state index in [9.17, 15) is 14.9 Å². The summed E-state index contributed by atoms with van der Waals surface area (Å²) in [6.45, 7) is 0. The number of nitro groups is 1. The van der Waals surface area contributed by atoms with Crippen LogP contribution < -0.4 is 5.32 Å². The van der Waals surface area contributed by atoms with Gasteiger partial charge >= 0.3 is 6.03 Å². The molecule has 0 aliphatic heterocycles. The Hall–Kier alpha value is -2.41. The fourth-order valence-electron chi connectivity index (χ4n) is 1.28. The van der Waals surface area contributed by atoms with Crippen molar-refractivity contribution in [1.82, 2.24) is 9.55 Å². The third-order valence-electron chi connectivity index (χ3n) is 2.14. The van der Waals surface area contributed by atoms with Gasteiger partial charge in [-0.1, -0.05) is 11.6 Å². The molecule has 2 aromatic rings. The maximum atomic E-state index is 11.7. The first kappa shape index (κ1) is 12.1. The van der Waals surface area contributed by atoms with Gasteiger partial charge in [0.25, 0.3) is 5.69 Å². The second-order valence-electron chi connectivity index (χ2n) is 3.32. The van der Waals surface area contributed by atoms with Crippen molar-refractivity contribution in [2.24, 2.45) is 0 Å². The van der Waals surface area contributed by atoms with Crippen LogP contribution >= 0.6 is 11.6 Å². The van der Waals surface area contributed by atoms with Crippen molar-refractivity contribution in [3.05, 3.63) is 52.1 Å². The second-order valence-corrected chi connectivity index (χ2v) is 3.73. The number of aromatic nitrogens is 2. The number of carbonyl (C=O) groups excluding carboxylic acids is 1. The number of imidazole rings is 1. The zero-order valence-corrected chi connectivity index (χ0v) is 9.66. The fraction of sp³-hybridized carbons (Fsp3) is 0. The van der Waals surface area contributed by atoms with Gasteiger partial charge in [-0.25, -0.2) is 9.78 Å². The highest BCUT2D eigenvalue weighted by Crippen LogP contribution is 2.26. The predicted molar refractivity (Wildman–Crippen MR) is 64.8 cm³/mol. The number of carbonyl (C=O) groups is 1. The number of benzene rings is 1. The number of rotatable bonds is 2. The van der Waals surface area contributed by atoms with E-state index in [1.807, 2.05) is 0 Å². The van der Waals surface area contributed by atoms with Crippen LogP contribution in [0.1, 0.15) is 0 Å². The normalized spacial score (nSPS) is 10.1. The maximum absolute atomic E-state index is 11.7. The van der Waals surface area contributed by atoms with E-state index in [1.54, 1.807) is 0 Å². The highest BCUT2D eigenvalue weighted by Gasteiger charge is 2.12. The number of amides is 1. The molecule has 0 unspecified atom stereocenters. The van der Waals surface area contributed by atoms with Crippen LogP contribution in [-0.4, -0.2) is 20.5 Å². The summed E-state index contributed by atoms with van der Waals surface area (Å²) in [6, 6.07) is 3.30. The lowest BCUT2D eigenvalue weighted by atomic mass is 10.3. The van der Waals surface area contributed by atoms with Gasteiger partial charge in [0, 0.05) is 24.5 Å². The average molecular weight is 267 g/mol. The number of halogens is 1. The minimum atomic E-state index is -0.566. The summed E-state index contributed by atoms with van der Waals surface area (Å²) in [5, 5.41) is 13.3. The molecule has 0 aliphatic rings. The van der Waals surface area contributed by atoms with Crippen LogP contribution in [0.4, 0.5) is 16.2 Å². The van der Waals surface area contributed by atoms with Gasteiger partial charge in [0.1, 0.15) is 6.33 Å². The molecular weight excluding hydrogens is 260 g/mol. The molecule has 8 heteroatoms. The molecule has 1 amide bonds. The minimum absolute atomic E-state index is 0.152. The van der Waals surface area contributed by atoms with Gasteiger partial charge in [-0.2, -0.15) is 0 Å². The van der Waals surface area contributed by atoms with Gasteiger partial charge < -0.3 is 5.32 Å².